The summed E-state index contributed by atoms with van der Waals surface area (Å²) in [5, 5.41) is 3.82. The first-order valence-corrected chi connectivity index (χ1v) is 7.57. The topological polar surface area (TPSA) is 37.8 Å². The molecule has 0 aromatic carbocycles. The van der Waals surface area contributed by atoms with Gasteiger partial charge in [0.25, 0.3) is 0 Å². The molecule has 1 N–H and O–H groups in total. The van der Waals surface area contributed by atoms with Crippen LogP contribution in [-0.4, -0.2) is 28.5 Å². The normalized spacial score (nSPS) is 12.8. The van der Waals surface area contributed by atoms with Crippen LogP contribution in [0.15, 0.2) is 6.07 Å². The molecule has 0 bridgehead atoms. The molecule has 1 unspecified atom stereocenters. The molecule has 1 rings (SSSR count). The first kappa shape index (κ1) is 14.6. The van der Waals surface area contributed by atoms with Gasteiger partial charge in [0.1, 0.15) is 16.8 Å². The van der Waals surface area contributed by atoms with Crippen molar-refractivity contribution in [1.82, 2.24) is 9.97 Å². The Morgan fingerprint density at radius 2 is 2.06 bits per heavy atom. The Balaban J connectivity index is 2.64. The molecule has 0 spiro atoms. The van der Waals surface area contributed by atoms with E-state index >= 15 is 0 Å². The zero-order valence-electron chi connectivity index (χ0n) is 10.8. The molecule has 0 saturated carbocycles. The van der Waals surface area contributed by atoms with Gasteiger partial charge in [-0.15, -0.1) is 0 Å². The number of anilines is 1. The van der Waals surface area contributed by atoms with E-state index in [0.29, 0.717) is 11.1 Å². The highest BCUT2D eigenvalue weighted by molar-refractivity contribution is 7.98. The first-order chi connectivity index (χ1) is 8.02. The second-order valence-corrected chi connectivity index (χ2v) is 5.83. The third-order valence-electron chi connectivity index (χ3n) is 2.31. The van der Waals surface area contributed by atoms with E-state index < -0.39 is 0 Å². The van der Waals surface area contributed by atoms with Crippen molar-refractivity contribution < 1.29 is 0 Å². The maximum atomic E-state index is 5.98. The molecule has 0 fully saturated rings. The monoisotopic (exact) mass is 273 g/mol. The molecule has 5 heteroatoms. The van der Waals surface area contributed by atoms with Crippen molar-refractivity contribution in [2.75, 3.05) is 23.9 Å². The van der Waals surface area contributed by atoms with E-state index in [9.17, 15) is 0 Å². The van der Waals surface area contributed by atoms with E-state index in [1.807, 2.05) is 11.8 Å². The van der Waals surface area contributed by atoms with Crippen molar-refractivity contribution in [3.8, 4) is 0 Å². The van der Waals surface area contributed by atoms with Crippen molar-refractivity contribution >= 4 is 29.2 Å². The fourth-order valence-electron chi connectivity index (χ4n) is 1.41. The summed E-state index contributed by atoms with van der Waals surface area (Å²) < 4.78 is 0. The number of aromatic nitrogens is 2. The average molecular weight is 274 g/mol. The molecule has 96 valence electrons. The van der Waals surface area contributed by atoms with Gasteiger partial charge in [0.05, 0.1) is 0 Å². The van der Waals surface area contributed by atoms with Crippen LogP contribution in [0.1, 0.15) is 32.5 Å². The summed E-state index contributed by atoms with van der Waals surface area (Å²) in [5.41, 5.74) is 0. The maximum Gasteiger partial charge on any atom is 0.135 e. The van der Waals surface area contributed by atoms with Crippen molar-refractivity contribution in [3.05, 3.63) is 17.0 Å². The molecule has 3 nitrogen and oxygen atoms in total. The fraction of sp³-hybridized carbons (Fsp3) is 0.667. The van der Waals surface area contributed by atoms with E-state index in [4.69, 9.17) is 11.6 Å². The predicted molar refractivity (Wildman–Crippen MR) is 77.2 cm³/mol. The quantitative estimate of drug-likeness (QED) is 0.803. The second kappa shape index (κ2) is 7.07. The van der Waals surface area contributed by atoms with E-state index in [-0.39, 0.29) is 5.92 Å². The van der Waals surface area contributed by atoms with Gasteiger partial charge in [0, 0.05) is 18.5 Å². The molecule has 0 amide bonds. The van der Waals surface area contributed by atoms with Crippen molar-refractivity contribution in [2.45, 2.75) is 26.7 Å². The molecule has 1 heterocycles. The number of nitrogens with one attached hydrogen (secondary N) is 1. The third kappa shape index (κ3) is 5.13. The summed E-state index contributed by atoms with van der Waals surface area (Å²) in [5.74, 6) is 3.65. The minimum Gasteiger partial charge on any atom is -0.370 e. The van der Waals surface area contributed by atoms with Crippen LogP contribution in [0.2, 0.25) is 5.15 Å². The SMILES string of the molecule is CSCC(C)CNc1cc(Cl)nc(C(C)C)n1. The minimum atomic E-state index is 0.290. The zero-order chi connectivity index (χ0) is 12.8. The van der Waals surface area contributed by atoms with Crippen LogP contribution < -0.4 is 5.32 Å². The number of thioether (sulfide) groups is 1. The Hall–Kier alpha value is -0.480. The Morgan fingerprint density at radius 1 is 1.35 bits per heavy atom. The number of nitrogens with zero attached hydrogens (tertiary/aromatic N) is 2. The van der Waals surface area contributed by atoms with Gasteiger partial charge < -0.3 is 5.32 Å². The molecule has 1 aromatic rings. The van der Waals surface area contributed by atoms with Gasteiger partial charge in [-0.3, -0.25) is 0 Å². The lowest BCUT2D eigenvalue weighted by Crippen LogP contribution is -2.15. The van der Waals surface area contributed by atoms with E-state index in [1.165, 1.54) is 0 Å². The Bertz CT molecular complexity index is 358. The molecule has 0 aliphatic heterocycles. The number of hydrogen-bond acceptors (Lipinski definition) is 4. The van der Waals surface area contributed by atoms with Crippen LogP contribution in [0.25, 0.3) is 0 Å². The van der Waals surface area contributed by atoms with Crippen molar-refractivity contribution in [3.63, 3.8) is 0 Å². The maximum absolute atomic E-state index is 5.98. The van der Waals surface area contributed by atoms with Gasteiger partial charge in [-0.1, -0.05) is 32.4 Å². The molecule has 1 aromatic heterocycles. The Labute approximate surface area is 113 Å². The van der Waals surface area contributed by atoms with Crippen molar-refractivity contribution in [1.29, 1.82) is 0 Å². The standard InChI is InChI=1S/C12H20ClN3S/c1-8(2)12-15-10(13)5-11(16-12)14-6-9(3)7-17-4/h5,8-9H,6-7H2,1-4H3,(H,14,15,16). The summed E-state index contributed by atoms with van der Waals surface area (Å²) >= 11 is 7.83. The smallest absolute Gasteiger partial charge is 0.135 e. The van der Waals surface area contributed by atoms with Gasteiger partial charge >= 0.3 is 0 Å². The van der Waals surface area contributed by atoms with Gasteiger partial charge in [0.15, 0.2) is 0 Å². The van der Waals surface area contributed by atoms with Crippen LogP contribution in [-0.2, 0) is 0 Å². The second-order valence-electron chi connectivity index (χ2n) is 4.53. The van der Waals surface area contributed by atoms with Crippen LogP contribution in [0.3, 0.4) is 0 Å². The highest BCUT2D eigenvalue weighted by Gasteiger charge is 2.08. The van der Waals surface area contributed by atoms with Gasteiger partial charge in [-0.05, 0) is 17.9 Å². The molecule has 0 aliphatic carbocycles. The zero-order valence-corrected chi connectivity index (χ0v) is 12.4. The molecule has 0 radical (unpaired) electrons. The number of hydrogen-bond donors (Lipinski definition) is 1. The molecule has 0 aliphatic rings. The fourth-order valence-corrected chi connectivity index (χ4v) is 2.28. The van der Waals surface area contributed by atoms with Gasteiger partial charge in [-0.2, -0.15) is 11.8 Å². The molecule has 0 saturated heterocycles. The summed E-state index contributed by atoms with van der Waals surface area (Å²) in [6.07, 6.45) is 2.12. The predicted octanol–water partition coefficient (Wildman–Crippen LogP) is 3.66. The molecule has 1 atom stereocenters. The molecular weight excluding hydrogens is 254 g/mol. The van der Waals surface area contributed by atoms with E-state index in [2.05, 4.69) is 42.3 Å². The lowest BCUT2D eigenvalue weighted by molar-refractivity contribution is 0.696. The van der Waals surface area contributed by atoms with Crippen LogP contribution in [0, 0.1) is 5.92 Å². The average Bonchev–Trinajstić information content (AvgIpc) is 2.26. The van der Waals surface area contributed by atoms with Gasteiger partial charge in [-0.25, -0.2) is 9.97 Å². The lowest BCUT2D eigenvalue weighted by atomic mass is 10.2. The highest BCUT2D eigenvalue weighted by Crippen LogP contribution is 2.17. The van der Waals surface area contributed by atoms with E-state index in [1.54, 1.807) is 6.07 Å². The highest BCUT2D eigenvalue weighted by atomic mass is 35.5. The first-order valence-electron chi connectivity index (χ1n) is 5.80. The lowest BCUT2D eigenvalue weighted by Gasteiger charge is -2.13. The summed E-state index contributed by atoms with van der Waals surface area (Å²) in [6.45, 7) is 7.25. The van der Waals surface area contributed by atoms with E-state index in [0.717, 1.165) is 23.9 Å². The van der Waals surface area contributed by atoms with Crippen LogP contribution in [0.5, 0.6) is 0 Å². The van der Waals surface area contributed by atoms with Crippen LogP contribution >= 0.6 is 23.4 Å². The number of halogens is 1. The Kier molecular flexibility index (Phi) is 6.06. The minimum absolute atomic E-state index is 0.290. The van der Waals surface area contributed by atoms with Crippen LogP contribution in [0.4, 0.5) is 5.82 Å². The van der Waals surface area contributed by atoms with Crippen molar-refractivity contribution in [2.24, 2.45) is 5.92 Å². The number of rotatable bonds is 6. The third-order valence-corrected chi connectivity index (χ3v) is 3.41. The van der Waals surface area contributed by atoms with Gasteiger partial charge in [0.2, 0.25) is 0 Å². The summed E-state index contributed by atoms with van der Waals surface area (Å²) in [4.78, 5) is 8.66. The largest absolute Gasteiger partial charge is 0.370 e. The molecular formula is C12H20ClN3S. The Morgan fingerprint density at radius 3 is 2.65 bits per heavy atom. The molecule has 17 heavy (non-hydrogen) atoms. The summed E-state index contributed by atoms with van der Waals surface area (Å²) in [7, 11) is 0. The summed E-state index contributed by atoms with van der Waals surface area (Å²) in [6, 6.07) is 1.78.